The third-order valence-electron chi connectivity index (χ3n) is 7.65. The molecular weight excluding hydrogens is 621 g/mol. The van der Waals surface area contributed by atoms with Crippen LogP contribution in [-0.4, -0.2) is 65.7 Å². The largest absolute Gasteiger partial charge is 1.00 e. The molecule has 1 fully saturated rings. The molecule has 0 bridgehead atoms. The Hall–Kier alpha value is -3.93. The van der Waals surface area contributed by atoms with Crippen LogP contribution in [0.5, 0.6) is 0 Å². The zero-order valence-corrected chi connectivity index (χ0v) is 24.6. The lowest BCUT2D eigenvalue weighted by Crippen LogP contribution is -3.00. The number of benzene rings is 2. The number of morpholine rings is 1. The number of esters is 1. The monoisotopic (exact) mass is 648 g/mol. The number of anilines is 2. The molecule has 1 aromatic heterocycles. The first-order valence-electron chi connectivity index (χ1n) is 12.8. The maximum absolute atomic E-state index is 13.6. The average molecular weight is 649 g/mol. The predicted octanol–water partition coefficient (Wildman–Crippen LogP) is 0.631. The van der Waals surface area contributed by atoms with Crippen LogP contribution in [0.1, 0.15) is 35.2 Å². The lowest BCUT2D eigenvalue weighted by molar-refractivity contribution is -0.929. The summed E-state index contributed by atoms with van der Waals surface area (Å²) in [6, 6.07) is 10.7. The number of rotatable bonds is 5. The van der Waals surface area contributed by atoms with E-state index in [1.54, 1.807) is 25.1 Å². The minimum atomic E-state index is -4.61. The number of aromatic nitrogens is 3. The molecule has 10 nitrogen and oxygen atoms in total. The Kier molecular flexibility index (Phi) is 8.68. The van der Waals surface area contributed by atoms with Crippen molar-refractivity contribution >= 4 is 17.6 Å². The number of halogens is 4. The van der Waals surface area contributed by atoms with Gasteiger partial charge in [0.25, 0.3) is 0 Å². The van der Waals surface area contributed by atoms with E-state index in [1.165, 1.54) is 28.7 Å². The smallest absolute Gasteiger partial charge is 0.416 e. The second kappa shape index (κ2) is 11.7. The fraction of sp³-hybridized carbons (Fsp3) is 0.357. The Morgan fingerprint density at radius 3 is 2.60 bits per heavy atom. The Morgan fingerprint density at radius 2 is 1.95 bits per heavy atom. The van der Waals surface area contributed by atoms with Gasteiger partial charge in [-0.05, 0) is 42.8 Å². The number of ether oxygens (including phenoxy) is 2. The van der Waals surface area contributed by atoms with Gasteiger partial charge >= 0.3 is 17.8 Å². The van der Waals surface area contributed by atoms with Gasteiger partial charge in [-0.1, -0.05) is 12.1 Å². The van der Waals surface area contributed by atoms with Crippen LogP contribution in [-0.2, 0) is 27.0 Å². The maximum Gasteiger partial charge on any atom is 0.416 e. The van der Waals surface area contributed by atoms with Crippen LogP contribution in [0.15, 0.2) is 58.5 Å². The molecule has 0 unspecified atom stereocenters. The van der Waals surface area contributed by atoms with E-state index in [4.69, 9.17) is 9.47 Å². The van der Waals surface area contributed by atoms with Crippen molar-refractivity contribution < 1.29 is 48.9 Å². The standard InChI is InChI=1S/C28H27F3N6O4.BrH/c1-17-23(25(38)40-3)24(22-8-7-18(15-32)13-19(22)16-37(2)9-11-41-12-10-37)36-26(33-34-27(36)39)35(17)21-6-4-5-20(14-21)28(29,30)31;/h4-8,13-14,24H,9-12,16H2,1-3H3;1H/t24-;/m1./s1. The highest BCUT2D eigenvalue weighted by Gasteiger charge is 2.41. The molecule has 2 aliphatic heterocycles. The van der Waals surface area contributed by atoms with Crippen LogP contribution in [0, 0.1) is 11.3 Å². The van der Waals surface area contributed by atoms with Gasteiger partial charge in [-0.2, -0.15) is 18.4 Å². The second-order valence-corrected chi connectivity index (χ2v) is 10.3. The van der Waals surface area contributed by atoms with Crippen LogP contribution in [0.3, 0.4) is 0 Å². The van der Waals surface area contributed by atoms with E-state index >= 15 is 0 Å². The van der Waals surface area contributed by atoms with Gasteiger partial charge in [0.15, 0.2) is 0 Å². The number of nitrogens with one attached hydrogen (secondary N) is 1. The van der Waals surface area contributed by atoms with Crippen LogP contribution in [0.2, 0.25) is 0 Å². The topological polar surface area (TPSA) is 113 Å². The van der Waals surface area contributed by atoms with Gasteiger partial charge in [-0.3, -0.25) is 4.90 Å². The Bertz CT molecular complexity index is 1640. The molecule has 2 aromatic carbocycles. The third-order valence-corrected chi connectivity index (χ3v) is 7.65. The summed E-state index contributed by atoms with van der Waals surface area (Å²) in [6.07, 6.45) is -4.61. The number of carbonyl (C=O) groups is 1. The molecule has 3 heterocycles. The van der Waals surface area contributed by atoms with E-state index in [0.717, 1.165) is 30.8 Å². The number of carbonyl (C=O) groups excluding carboxylic acids is 1. The van der Waals surface area contributed by atoms with E-state index in [2.05, 4.69) is 23.3 Å². The van der Waals surface area contributed by atoms with Gasteiger partial charge in [0.05, 0.1) is 50.1 Å². The van der Waals surface area contributed by atoms with Crippen LogP contribution >= 0.6 is 0 Å². The van der Waals surface area contributed by atoms with Crippen molar-refractivity contribution in [3.8, 4) is 6.07 Å². The van der Waals surface area contributed by atoms with Gasteiger partial charge in [0.2, 0.25) is 5.95 Å². The lowest BCUT2D eigenvalue weighted by atomic mass is 9.89. The van der Waals surface area contributed by atoms with E-state index in [9.17, 15) is 28.0 Å². The summed E-state index contributed by atoms with van der Waals surface area (Å²) in [6.45, 7) is 4.63. The number of fused-ring (bicyclic) bond motifs is 1. The fourth-order valence-electron chi connectivity index (χ4n) is 5.51. The van der Waals surface area contributed by atoms with Crippen LogP contribution < -0.4 is 27.6 Å². The van der Waals surface area contributed by atoms with Gasteiger partial charge in [0, 0.05) is 16.9 Å². The molecule has 0 spiro atoms. The van der Waals surface area contributed by atoms with Crippen molar-refractivity contribution in [1.29, 1.82) is 5.26 Å². The summed E-state index contributed by atoms with van der Waals surface area (Å²) in [5.74, 6) is -0.753. The van der Waals surface area contributed by atoms with Crippen molar-refractivity contribution in [2.24, 2.45) is 0 Å². The predicted molar refractivity (Wildman–Crippen MR) is 141 cm³/mol. The summed E-state index contributed by atoms with van der Waals surface area (Å²) in [7, 11) is 3.26. The van der Waals surface area contributed by atoms with Gasteiger partial charge in [0.1, 0.15) is 25.7 Å². The maximum atomic E-state index is 13.6. The number of likely N-dealkylation sites (N-methyl/N-ethyl adjacent to an activating group) is 1. The molecule has 1 saturated heterocycles. The molecule has 0 aliphatic carbocycles. The minimum absolute atomic E-state index is 0. The fourth-order valence-corrected chi connectivity index (χ4v) is 5.51. The molecule has 1 N–H and O–H groups in total. The number of allylic oxidation sites excluding steroid dienone is 1. The van der Waals surface area contributed by atoms with Gasteiger partial charge in [-0.15, -0.1) is 5.10 Å². The minimum Gasteiger partial charge on any atom is -1.00 e. The molecule has 0 saturated carbocycles. The van der Waals surface area contributed by atoms with Crippen LogP contribution in [0.4, 0.5) is 24.8 Å². The van der Waals surface area contributed by atoms with E-state index in [0.29, 0.717) is 35.4 Å². The molecule has 222 valence electrons. The van der Waals surface area contributed by atoms with E-state index < -0.39 is 29.4 Å². The molecule has 42 heavy (non-hydrogen) atoms. The van der Waals surface area contributed by atoms with Crippen molar-refractivity contribution in [2.75, 3.05) is 45.4 Å². The third kappa shape index (κ3) is 5.59. The molecular formula is C28H28BrF3N6O4. The summed E-state index contributed by atoms with van der Waals surface area (Å²) >= 11 is 0. The zero-order valence-electron chi connectivity index (χ0n) is 23.0. The highest BCUT2D eigenvalue weighted by Crippen LogP contribution is 2.44. The highest BCUT2D eigenvalue weighted by atomic mass is 79.9. The zero-order chi connectivity index (χ0) is 29.5. The number of hydrogen-bond acceptors (Lipinski definition) is 7. The Balaban J connectivity index is 0.00000405. The number of H-pyrrole nitrogens is 1. The molecule has 14 heteroatoms. The van der Waals surface area contributed by atoms with Gasteiger partial charge < -0.3 is 30.9 Å². The molecule has 0 radical (unpaired) electrons. The number of alkyl halides is 3. The lowest BCUT2D eigenvalue weighted by Gasteiger charge is -2.39. The molecule has 3 aromatic rings. The van der Waals surface area contributed by atoms with E-state index in [-0.39, 0.29) is 39.9 Å². The van der Waals surface area contributed by atoms with E-state index in [1.807, 2.05) is 0 Å². The first-order chi connectivity index (χ1) is 19.5. The normalized spacial score (nSPS) is 18.1. The number of aromatic amines is 1. The highest BCUT2D eigenvalue weighted by molar-refractivity contribution is 5.93. The summed E-state index contributed by atoms with van der Waals surface area (Å²) in [5.41, 5.74) is 0.506. The molecule has 2 aliphatic rings. The SMILES string of the molecule is COC(=O)C1=C(C)N(c2cccc(C(F)(F)F)c2)c2n[nH]c(=O)n2[C@@H]1c1ccc(C#N)cc1C[N+]1(C)CCOCC1.[Br-]. The second-order valence-electron chi connectivity index (χ2n) is 10.3. The van der Waals surface area contributed by atoms with Crippen molar-refractivity contribution in [1.82, 2.24) is 14.8 Å². The number of nitrogens with zero attached hydrogens (tertiary/aromatic N) is 5. The molecule has 5 rings (SSSR count). The molecule has 0 amide bonds. The quantitative estimate of drug-likeness (QED) is 0.319. The number of nitriles is 1. The van der Waals surface area contributed by atoms with Crippen molar-refractivity contribution in [3.63, 3.8) is 0 Å². The van der Waals surface area contributed by atoms with Crippen LogP contribution in [0.25, 0.3) is 0 Å². The molecule has 1 atom stereocenters. The van der Waals surface area contributed by atoms with Gasteiger partial charge in [-0.25, -0.2) is 19.3 Å². The Labute approximate surface area is 249 Å². The number of methoxy groups -OCH3 is 1. The summed E-state index contributed by atoms with van der Waals surface area (Å²) in [4.78, 5) is 28.0. The summed E-state index contributed by atoms with van der Waals surface area (Å²) in [5, 5.41) is 16.2. The average Bonchev–Trinajstić information content (AvgIpc) is 3.32. The Morgan fingerprint density at radius 1 is 1.24 bits per heavy atom. The van der Waals surface area contributed by atoms with Crippen molar-refractivity contribution in [3.05, 3.63) is 86.5 Å². The first-order valence-corrected chi connectivity index (χ1v) is 12.8. The van der Waals surface area contributed by atoms with Crippen molar-refractivity contribution in [2.45, 2.75) is 25.7 Å². The number of quaternary nitrogens is 1. The first kappa shape index (κ1) is 31.0. The summed E-state index contributed by atoms with van der Waals surface area (Å²) < 4.78 is 53.3. The number of hydrogen-bond donors (Lipinski definition) is 1.